The van der Waals surface area contributed by atoms with E-state index in [1.165, 1.54) is 24.1 Å². The second kappa shape index (κ2) is 3.70. The summed E-state index contributed by atoms with van der Waals surface area (Å²) >= 11 is 6.01. The molecule has 0 unspecified atom stereocenters. The van der Waals surface area contributed by atoms with E-state index in [0.29, 0.717) is 10.7 Å². The molecule has 1 saturated heterocycles. The van der Waals surface area contributed by atoms with E-state index in [9.17, 15) is 0 Å². The number of halogens is 1. The Labute approximate surface area is 89.7 Å². The molecule has 1 heterocycles. The molecule has 0 amide bonds. The van der Waals surface area contributed by atoms with Crippen molar-refractivity contribution in [2.24, 2.45) is 0 Å². The third-order valence-corrected chi connectivity index (χ3v) is 3.09. The standard InChI is InChI=1S/C11H15ClN2/c1-8-6-10(13)9(12)7-11(8)14-4-2-3-5-14/h6-7H,2-5,13H2,1H3. The van der Waals surface area contributed by atoms with Crippen molar-refractivity contribution in [2.75, 3.05) is 23.7 Å². The monoisotopic (exact) mass is 210 g/mol. The predicted octanol–water partition coefficient (Wildman–Crippen LogP) is 2.83. The van der Waals surface area contributed by atoms with Crippen LogP contribution in [0.4, 0.5) is 11.4 Å². The number of nitrogens with two attached hydrogens (primary N) is 1. The molecule has 0 spiro atoms. The minimum atomic E-state index is 0.664. The van der Waals surface area contributed by atoms with Crippen molar-refractivity contribution < 1.29 is 0 Å². The summed E-state index contributed by atoms with van der Waals surface area (Å²) in [6.07, 6.45) is 2.56. The molecule has 1 aliphatic rings. The minimum Gasteiger partial charge on any atom is -0.398 e. The lowest BCUT2D eigenvalue weighted by atomic mass is 10.1. The predicted molar refractivity (Wildman–Crippen MR) is 62.0 cm³/mol. The molecule has 1 fully saturated rings. The average Bonchev–Trinajstić information content (AvgIpc) is 2.64. The first-order valence-corrected chi connectivity index (χ1v) is 5.37. The lowest BCUT2D eigenvalue weighted by Gasteiger charge is -2.20. The molecule has 0 saturated carbocycles. The highest BCUT2D eigenvalue weighted by Gasteiger charge is 2.15. The molecular weight excluding hydrogens is 196 g/mol. The molecule has 0 radical (unpaired) electrons. The number of aryl methyl sites for hydroxylation is 1. The summed E-state index contributed by atoms with van der Waals surface area (Å²) in [4.78, 5) is 2.38. The Kier molecular flexibility index (Phi) is 2.55. The van der Waals surface area contributed by atoms with Crippen molar-refractivity contribution >= 4 is 23.0 Å². The van der Waals surface area contributed by atoms with E-state index in [1.807, 2.05) is 12.1 Å². The second-order valence-corrected chi connectivity index (χ2v) is 4.26. The summed E-state index contributed by atoms with van der Waals surface area (Å²) in [6.45, 7) is 4.36. The maximum atomic E-state index is 6.01. The van der Waals surface area contributed by atoms with Crippen LogP contribution < -0.4 is 10.6 Å². The normalized spacial score (nSPS) is 16.3. The van der Waals surface area contributed by atoms with Gasteiger partial charge in [0, 0.05) is 18.8 Å². The molecule has 0 atom stereocenters. The Bertz CT molecular complexity index is 343. The number of nitrogen functional groups attached to an aromatic ring is 1. The first-order chi connectivity index (χ1) is 6.68. The third-order valence-electron chi connectivity index (χ3n) is 2.76. The van der Waals surface area contributed by atoms with E-state index < -0.39 is 0 Å². The van der Waals surface area contributed by atoms with Gasteiger partial charge in [0.1, 0.15) is 0 Å². The van der Waals surface area contributed by atoms with Gasteiger partial charge in [-0.25, -0.2) is 0 Å². The highest BCUT2D eigenvalue weighted by atomic mass is 35.5. The van der Waals surface area contributed by atoms with Gasteiger partial charge in [0.2, 0.25) is 0 Å². The van der Waals surface area contributed by atoms with Gasteiger partial charge in [-0.05, 0) is 37.5 Å². The number of hydrogen-bond donors (Lipinski definition) is 1. The van der Waals surface area contributed by atoms with Crippen LogP contribution in [0.25, 0.3) is 0 Å². The quantitative estimate of drug-likeness (QED) is 0.723. The van der Waals surface area contributed by atoms with E-state index >= 15 is 0 Å². The lowest BCUT2D eigenvalue weighted by Crippen LogP contribution is -2.18. The molecule has 76 valence electrons. The van der Waals surface area contributed by atoms with Gasteiger partial charge in [0.25, 0.3) is 0 Å². The highest BCUT2D eigenvalue weighted by Crippen LogP contribution is 2.31. The van der Waals surface area contributed by atoms with Gasteiger partial charge in [-0.3, -0.25) is 0 Å². The minimum absolute atomic E-state index is 0.664. The zero-order valence-electron chi connectivity index (χ0n) is 8.39. The molecule has 0 bridgehead atoms. The van der Waals surface area contributed by atoms with Crippen molar-refractivity contribution in [3.05, 3.63) is 22.7 Å². The van der Waals surface area contributed by atoms with Crippen molar-refractivity contribution in [3.63, 3.8) is 0 Å². The third kappa shape index (κ3) is 1.67. The molecule has 1 aromatic carbocycles. The van der Waals surface area contributed by atoms with E-state index in [0.717, 1.165) is 13.1 Å². The maximum Gasteiger partial charge on any atom is 0.0656 e. The summed E-state index contributed by atoms with van der Waals surface area (Å²) in [7, 11) is 0. The van der Waals surface area contributed by atoms with E-state index in [2.05, 4.69) is 11.8 Å². The SMILES string of the molecule is Cc1cc(N)c(Cl)cc1N1CCCC1. The van der Waals surface area contributed by atoms with Gasteiger partial charge in [-0.1, -0.05) is 11.6 Å². The molecule has 0 aromatic heterocycles. The van der Waals surface area contributed by atoms with Gasteiger partial charge < -0.3 is 10.6 Å². The van der Waals surface area contributed by atoms with Crippen LogP contribution in [0.5, 0.6) is 0 Å². The Balaban J connectivity index is 2.37. The number of nitrogens with zero attached hydrogens (tertiary/aromatic N) is 1. The van der Waals surface area contributed by atoms with Crippen LogP contribution in [-0.4, -0.2) is 13.1 Å². The Morgan fingerprint density at radius 2 is 1.93 bits per heavy atom. The topological polar surface area (TPSA) is 29.3 Å². The Morgan fingerprint density at radius 3 is 2.57 bits per heavy atom. The fraction of sp³-hybridized carbons (Fsp3) is 0.455. The van der Waals surface area contributed by atoms with Gasteiger partial charge in [-0.2, -0.15) is 0 Å². The number of benzene rings is 1. The van der Waals surface area contributed by atoms with Crippen LogP contribution in [0.2, 0.25) is 5.02 Å². The molecule has 2 N–H and O–H groups in total. The van der Waals surface area contributed by atoms with Gasteiger partial charge >= 0.3 is 0 Å². The summed E-state index contributed by atoms with van der Waals surface area (Å²) < 4.78 is 0. The van der Waals surface area contributed by atoms with Crippen LogP contribution in [0.3, 0.4) is 0 Å². The molecular formula is C11H15ClN2. The largest absolute Gasteiger partial charge is 0.398 e. The molecule has 2 nitrogen and oxygen atoms in total. The van der Waals surface area contributed by atoms with E-state index in [1.54, 1.807) is 0 Å². The van der Waals surface area contributed by atoms with E-state index in [-0.39, 0.29) is 0 Å². The van der Waals surface area contributed by atoms with Crippen molar-refractivity contribution in [1.82, 2.24) is 0 Å². The van der Waals surface area contributed by atoms with Crippen LogP contribution in [0, 0.1) is 6.92 Å². The summed E-state index contributed by atoms with van der Waals surface area (Å²) in [5, 5.41) is 0.664. The first-order valence-electron chi connectivity index (χ1n) is 4.99. The molecule has 2 rings (SSSR count). The van der Waals surface area contributed by atoms with Crippen molar-refractivity contribution in [3.8, 4) is 0 Å². The van der Waals surface area contributed by atoms with Gasteiger partial charge in [-0.15, -0.1) is 0 Å². The zero-order chi connectivity index (χ0) is 10.1. The molecule has 1 aliphatic heterocycles. The van der Waals surface area contributed by atoms with Crippen molar-refractivity contribution in [2.45, 2.75) is 19.8 Å². The number of anilines is 2. The van der Waals surface area contributed by atoms with Crippen LogP contribution in [0.15, 0.2) is 12.1 Å². The van der Waals surface area contributed by atoms with Crippen LogP contribution >= 0.6 is 11.6 Å². The molecule has 3 heteroatoms. The first kappa shape index (κ1) is 9.66. The molecule has 0 aliphatic carbocycles. The Morgan fingerprint density at radius 1 is 1.29 bits per heavy atom. The summed E-state index contributed by atoms with van der Waals surface area (Å²) in [5.74, 6) is 0. The summed E-state index contributed by atoms with van der Waals surface area (Å²) in [6, 6.07) is 3.94. The van der Waals surface area contributed by atoms with Crippen molar-refractivity contribution in [1.29, 1.82) is 0 Å². The molecule has 14 heavy (non-hydrogen) atoms. The lowest BCUT2D eigenvalue weighted by molar-refractivity contribution is 0.949. The number of hydrogen-bond acceptors (Lipinski definition) is 2. The van der Waals surface area contributed by atoms with Crippen LogP contribution in [0.1, 0.15) is 18.4 Å². The molecule has 1 aromatic rings. The van der Waals surface area contributed by atoms with E-state index in [4.69, 9.17) is 17.3 Å². The fourth-order valence-corrected chi connectivity index (χ4v) is 2.15. The average molecular weight is 211 g/mol. The van der Waals surface area contributed by atoms with Gasteiger partial charge in [0.05, 0.1) is 10.7 Å². The number of rotatable bonds is 1. The zero-order valence-corrected chi connectivity index (χ0v) is 9.14. The van der Waals surface area contributed by atoms with Gasteiger partial charge in [0.15, 0.2) is 0 Å². The second-order valence-electron chi connectivity index (χ2n) is 3.85. The highest BCUT2D eigenvalue weighted by molar-refractivity contribution is 6.33. The smallest absolute Gasteiger partial charge is 0.0656 e. The summed E-state index contributed by atoms with van der Waals surface area (Å²) in [5.41, 5.74) is 8.87. The maximum absolute atomic E-state index is 6.01. The fourth-order valence-electron chi connectivity index (χ4n) is 1.99. The Hall–Kier alpha value is -0.890. The van der Waals surface area contributed by atoms with Crippen LogP contribution in [-0.2, 0) is 0 Å².